The molecule has 3 rings (SSSR count). The summed E-state index contributed by atoms with van der Waals surface area (Å²) in [5, 5.41) is 1.25. The number of aromatic nitrogens is 1. The Morgan fingerprint density at radius 3 is 2.13 bits per heavy atom. The Kier molecular flexibility index (Phi) is 9.72. The van der Waals surface area contributed by atoms with E-state index >= 15 is 0 Å². The topological polar surface area (TPSA) is 13.1 Å². The summed E-state index contributed by atoms with van der Waals surface area (Å²) in [5.74, 6) is 0.978. The van der Waals surface area contributed by atoms with Gasteiger partial charge < -0.3 is 4.74 Å². The van der Waals surface area contributed by atoms with Crippen molar-refractivity contribution in [2.45, 2.75) is 77.7 Å². The van der Waals surface area contributed by atoms with E-state index in [2.05, 4.69) is 78.4 Å². The third-order valence-electron chi connectivity index (χ3n) is 5.82. The summed E-state index contributed by atoms with van der Waals surface area (Å²) in [6, 6.07) is 21.4. The third kappa shape index (κ3) is 7.48. The van der Waals surface area contributed by atoms with Crippen molar-refractivity contribution < 1.29 is 9.30 Å². The van der Waals surface area contributed by atoms with Crippen molar-refractivity contribution in [1.29, 1.82) is 0 Å². The van der Waals surface area contributed by atoms with Crippen LogP contribution in [-0.2, 0) is 6.54 Å². The predicted molar refractivity (Wildman–Crippen MR) is 127 cm³/mol. The lowest BCUT2D eigenvalue weighted by atomic mass is 10.1. The molecule has 0 aliphatic rings. The average molecular weight is 405 g/mol. The normalized spacial score (nSPS) is 11.1. The van der Waals surface area contributed by atoms with Gasteiger partial charge in [-0.1, -0.05) is 95.0 Å². The van der Waals surface area contributed by atoms with Gasteiger partial charge in [0.25, 0.3) is 0 Å². The molecule has 160 valence electrons. The number of hydrogen-bond acceptors (Lipinski definition) is 1. The van der Waals surface area contributed by atoms with Gasteiger partial charge in [0.1, 0.15) is 5.75 Å². The Hall–Kier alpha value is -2.35. The van der Waals surface area contributed by atoms with E-state index in [0.717, 1.165) is 25.3 Å². The molecule has 0 aliphatic carbocycles. The van der Waals surface area contributed by atoms with Crippen molar-refractivity contribution in [2.24, 2.45) is 0 Å². The van der Waals surface area contributed by atoms with Gasteiger partial charge in [0.2, 0.25) is 5.52 Å². The molecule has 0 saturated carbocycles. The van der Waals surface area contributed by atoms with Crippen LogP contribution in [0, 0.1) is 0 Å². The second-order valence-electron chi connectivity index (χ2n) is 8.37. The van der Waals surface area contributed by atoms with Gasteiger partial charge in [-0.25, -0.2) is 0 Å². The maximum atomic E-state index is 6.08. The maximum absolute atomic E-state index is 6.08. The number of pyridine rings is 1. The molecule has 0 N–H and O–H groups in total. The Morgan fingerprint density at radius 1 is 0.700 bits per heavy atom. The van der Waals surface area contributed by atoms with Crippen LogP contribution in [0.2, 0.25) is 0 Å². The van der Waals surface area contributed by atoms with E-state index in [1.807, 2.05) is 0 Å². The van der Waals surface area contributed by atoms with Crippen LogP contribution in [0.1, 0.15) is 76.7 Å². The minimum atomic E-state index is 0.813. The minimum Gasteiger partial charge on any atom is -0.493 e. The summed E-state index contributed by atoms with van der Waals surface area (Å²) >= 11 is 0. The summed E-state index contributed by atoms with van der Waals surface area (Å²) in [5.41, 5.74) is 2.54. The van der Waals surface area contributed by atoms with Crippen LogP contribution >= 0.6 is 0 Å². The summed E-state index contributed by atoms with van der Waals surface area (Å²) in [6.07, 6.45) is 15.7. The Bertz CT molecular complexity index is 859. The second-order valence-corrected chi connectivity index (χ2v) is 8.37. The van der Waals surface area contributed by atoms with Crippen molar-refractivity contribution in [2.75, 3.05) is 6.61 Å². The molecule has 1 heterocycles. The quantitative estimate of drug-likeness (QED) is 0.200. The van der Waals surface area contributed by atoms with Gasteiger partial charge in [-0.2, -0.15) is 4.57 Å². The first-order chi connectivity index (χ1) is 14.9. The predicted octanol–water partition coefficient (Wildman–Crippen LogP) is 7.48. The van der Waals surface area contributed by atoms with Crippen molar-refractivity contribution in [3.8, 4) is 5.75 Å². The number of unbranched alkanes of at least 4 members (excludes halogenated alkanes) is 9. The SMILES string of the molecule is CCCCCCCCCCCCOc1ccc2ccc[n+](Cc3ccccc3)c2c1. The van der Waals surface area contributed by atoms with Crippen LogP contribution in [0.25, 0.3) is 10.9 Å². The first kappa shape index (κ1) is 22.3. The summed E-state index contributed by atoms with van der Waals surface area (Å²) in [6.45, 7) is 3.97. The van der Waals surface area contributed by atoms with Crippen LogP contribution in [0.5, 0.6) is 5.75 Å². The molecule has 2 aromatic carbocycles. The van der Waals surface area contributed by atoms with Gasteiger partial charge in [0, 0.05) is 17.0 Å². The van der Waals surface area contributed by atoms with Gasteiger partial charge >= 0.3 is 0 Å². The number of rotatable bonds is 14. The fourth-order valence-corrected chi connectivity index (χ4v) is 4.03. The average Bonchev–Trinajstić information content (AvgIpc) is 2.78. The van der Waals surface area contributed by atoms with Crippen LogP contribution in [0.15, 0.2) is 66.9 Å². The monoisotopic (exact) mass is 404 g/mol. The standard InChI is InChI=1S/C28H38NO/c1-2-3-4-5-6-7-8-9-10-14-22-30-27-20-19-26-18-15-21-29(28(26)23-27)24-25-16-12-11-13-17-25/h11-13,15-21,23H,2-10,14,22,24H2,1H3/q+1. The molecule has 0 unspecified atom stereocenters. The molecular formula is C28H38NO+. The van der Waals surface area contributed by atoms with E-state index in [9.17, 15) is 0 Å². The van der Waals surface area contributed by atoms with Crippen LogP contribution in [0.3, 0.4) is 0 Å². The molecule has 3 aromatic rings. The van der Waals surface area contributed by atoms with Crippen LogP contribution < -0.4 is 9.30 Å². The first-order valence-corrected chi connectivity index (χ1v) is 12.0. The fraction of sp³-hybridized carbons (Fsp3) is 0.464. The van der Waals surface area contributed by atoms with Gasteiger partial charge in [-0.3, -0.25) is 0 Å². The third-order valence-corrected chi connectivity index (χ3v) is 5.82. The smallest absolute Gasteiger partial charge is 0.216 e. The molecule has 0 spiro atoms. The largest absolute Gasteiger partial charge is 0.493 e. The van der Waals surface area contributed by atoms with E-state index in [1.54, 1.807) is 0 Å². The molecule has 2 nitrogen and oxygen atoms in total. The maximum Gasteiger partial charge on any atom is 0.216 e. The molecule has 0 saturated heterocycles. The fourth-order valence-electron chi connectivity index (χ4n) is 4.03. The summed E-state index contributed by atoms with van der Waals surface area (Å²) in [4.78, 5) is 0. The van der Waals surface area contributed by atoms with E-state index < -0.39 is 0 Å². The Labute approximate surface area is 182 Å². The zero-order valence-corrected chi connectivity index (χ0v) is 18.7. The highest BCUT2D eigenvalue weighted by atomic mass is 16.5. The molecule has 1 aromatic heterocycles. The highest BCUT2D eigenvalue weighted by Gasteiger charge is 2.10. The van der Waals surface area contributed by atoms with E-state index in [1.165, 1.54) is 74.3 Å². The highest BCUT2D eigenvalue weighted by Crippen LogP contribution is 2.19. The first-order valence-electron chi connectivity index (χ1n) is 12.0. The lowest BCUT2D eigenvalue weighted by Gasteiger charge is -2.08. The zero-order valence-electron chi connectivity index (χ0n) is 18.7. The second kappa shape index (κ2) is 13.1. The highest BCUT2D eigenvalue weighted by molar-refractivity contribution is 5.76. The number of ether oxygens (including phenoxy) is 1. The van der Waals surface area contributed by atoms with Crippen LogP contribution in [-0.4, -0.2) is 6.61 Å². The summed E-state index contributed by atoms with van der Waals surface area (Å²) in [7, 11) is 0. The van der Waals surface area contributed by atoms with E-state index in [4.69, 9.17) is 4.74 Å². The number of hydrogen-bond donors (Lipinski definition) is 0. The Morgan fingerprint density at radius 2 is 1.40 bits per heavy atom. The van der Waals surface area contributed by atoms with Gasteiger partial charge in [0.15, 0.2) is 12.7 Å². The molecule has 0 bridgehead atoms. The molecule has 30 heavy (non-hydrogen) atoms. The Balaban J connectivity index is 1.42. The van der Waals surface area contributed by atoms with Gasteiger partial charge in [0.05, 0.1) is 12.7 Å². The molecule has 0 atom stereocenters. The molecule has 0 aliphatic heterocycles. The lowest BCUT2D eigenvalue weighted by molar-refractivity contribution is -0.662. The van der Waals surface area contributed by atoms with E-state index in [-0.39, 0.29) is 0 Å². The van der Waals surface area contributed by atoms with Crippen molar-refractivity contribution in [3.05, 3.63) is 72.4 Å². The minimum absolute atomic E-state index is 0.813. The number of nitrogens with zero attached hydrogens (tertiary/aromatic N) is 1. The molecule has 0 amide bonds. The van der Waals surface area contributed by atoms with Gasteiger partial charge in [-0.05, 0) is 24.6 Å². The lowest BCUT2D eigenvalue weighted by Crippen LogP contribution is -2.34. The van der Waals surface area contributed by atoms with Crippen molar-refractivity contribution in [3.63, 3.8) is 0 Å². The van der Waals surface area contributed by atoms with Crippen LogP contribution in [0.4, 0.5) is 0 Å². The van der Waals surface area contributed by atoms with Crippen molar-refractivity contribution in [1.82, 2.24) is 0 Å². The van der Waals surface area contributed by atoms with E-state index in [0.29, 0.717) is 0 Å². The molecule has 0 radical (unpaired) electrons. The molecule has 0 fully saturated rings. The molecule has 2 heteroatoms. The van der Waals surface area contributed by atoms with Crippen molar-refractivity contribution >= 4 is 10.9 Å². The zero-order chi connectivity index (χ0) is 20.9. The van der Waals surface area contributed by atoms with Gasteiger partial charge in [-0.15, -0.1) is 0 Å². The number of fused-ring (bicyclic) bond motifs is 1. The summed E-state index contributed by atoms with van der Waals surface area (Å²) < 4.78 is 8.38. The molecular weight excluding hydrogens is 366 g/mol. The number of benzene rings is 2.